The van der Waals surface area contributed by atoms with Gasteiger partial charge in [0.2, 0.25) is 0 Å². The fourth-order valence-corrected chi connectivity index (χ4v) is 2.49. The smallest absolute Gasteiger partial charge is 0.191 e. The second-order valence-corrected chi connectivity index (χ2v) is 6.89. The summed E-state index contributed by atoms with van der Waals surface area (Å²) in [6, 6.07) is 8.22. The highest BCUT2D eigenvalue weighted by Crippen LogP contribution is 2.14. The van der Waals surface area contributed by atoms with E-state index in [9.17, 15) is 0 Å². The number of hydrogen-bond donors (Lipinski definition) is 2. The van der Waals surface area contributed by atoms with Crippen LogP contribution in [0.2, 0.25) is 0 Å². The van der Waals surface area contributed by atoms with Crippen LogP contribution in [0.1, 0.15) is 32.3 Å². The van der Waals surface area contributed by atoms with Gasteiger partial charge in [0.25, 0.3) is 0 Å². The third-order valence-electron chi connectivity index (χ3n) is 3.23. The van der Waals surface area contributed by atoms with Crippen LogP contribution >= 0.6 is 11.8 Å². The van der Waals surface area contributed by atoms with Crippen molar-refractivity contribution in [3.05, 3.63) is 29.8 Å². The van der Waals surface area contributed by atoms with Crippen LogP contribution in [0.4, 0.5) is 0 Å². The fourth-order valence-electron chi connectivity index (χ4n) is 1.99. The third kappa shape index (κ3) is 9.39. The van der Waals surface area contributed by atoms with E-state index in [1.165, 1.54) is 24.2 Å². The minimum atomic E-state index is 0.533. The number of hydrogen-bond acceptors (Lipinski definition) is 3. The molecule has 0 fully saturated rings. The number of thioether (sulfide) groups is 1. The number of benzene rings is 1. The molecule has 0 aliphatic carbocycles. The molecule has 0 amide bonds. The summed E-state index contributed by atoms with van der Waals surface area (Å²) >= 11 is 1.90. The highest BCUT2D eigenvalue weighted by Gasteiger charge is 2.01. The molecule has 0 atom stereocenters. The Hall–Kier alpha value is -1.36. The predicted octanol–water partition coefficient (Wildman–Crippen LogP) is 3.53. The molecule has 0 aliphatic heterocycles. The normalized spacial score (nSPS) is 11.6. The van der Waals surface area contributed by atoms with Crippen molar-refractivity contribution in [2.75, 3.05) is 32.2 Å². The first kappa shape index (κ1) is 19.7. The first-order chi connectivity index (χ1) is 11.2. The van der Waals surface area contributed by atoms with Crippen LogP contribution in [-0.4, -0.2) is 38.2 Å². The van der Waals surface area contributed by atoms with Crippen molar-refractivity contribution >= 4 is 17.7 Å². The van der Waals surface area contributed by atoms with Crippen LogP contribution in [0.3, 0.4) is 0 Å². The summed E-state index contributed by atoms with van der Waals surface area (Å²) in [6.07, 6.45) is 4.55. The zero-order chi connectivity index (χ0) is 16.9. The first-order valence-corrected chi connectivity index (χ1v) is 9.70. The molecule has 2 N–H and O–H groups in total. The highest BCUT2D eigenvalue weighted by atomic mass is 32.2. The summed E-state index contributed by atoms with van der Waals surface area (Å²) in [6.45, 7) is 6.75. The molecule has 1 aromatic carbocycles. The largest absolute Gasteiger partial charge is 0.493 e. The zero-order valence-electron chi connectivity index (χ0n) is 14.9. The van der Waals surface area contributed by atoms with Crippen LogP contribution in [0, 0.1) is 5.92 Å². The quantitative estimate of drug-likeness (QED) is 0.389. The predicted molar refractivity (Wildman–Crippen MR) is 103 cm³/mol. The second-order valence-electron chi connectivity index (χ2n) is 5.90. The van der Waals surface area contributed by atoms with Gasteiger partial charge in [0.15, 0.2) is 5.96 Å². The SMILES string of the molecule is CN=C(NCCCCSC)NCc1cccc(OCC(C)C)c1. The van der Waals surface area contributed by atoms with Gasteiger partial charge in [0.1, 0.15) is 5.75 Å². The van der Waals surface area contributed by atoms with Crippen LogP contribution in [0.15, 0.2) is 29.3 Å². The molecular formula is C18H31N3OS. The molecule has 0 bridgehead atoms. The van der Waals surface area contributed by atoms with Crippen molar-refractivity contribution < 1.29 is 4.74 Å². The zero-order valence-corrected chi connectivity index (χ0v) is 15.7. The van der Waals surface area contributed by atoms with Crippen molar-refractivity contribution in [3.8, 4) is 5.75 Å². The lowest BCUT2D eigenvalue weighted by atomic mass is 10.2. The summed E-state index contributed by atoms with van der Waals surface area (Å²) < 4.78 is 5.77. The molecule has 23 heavy (non-hydrogen) atoms. The molecule has 4 nitrogen and oxygen atoms in total. The number of aliphatic imine (C=N–C) groups is 1. The lowest BCUT2D eigenvalue weighted by molar-refractivity contribution is 0.271. The number of rotatable bonds is 10. The van der Waals surface area contributed by atoms with Gasteiger partial charge in [-0.2, -0.15) is 11.8 Å². The van der Waals surface area contributed by atoms with E-state index in [1.807, 2.05) is 23.9 Å². The Labute approximate surface area is 145 Å². The molecule has 0 spiro atoms. The summed E-state index contributed by atoms with van der Waals surface area (Å²) in [5.41, 5.74) is 1.19. The van der Waals surface area contributed by atoms with Gasteiger partial charge in [-0.25, -0.2) is 0 Å². The minimum Gasteiger partial charge on any atom is -0.493 e. The molecule has 1 rings (SSSR count). The van der Waals surface area contributed by atoms with Crippen molar-refractivity contribution in [3.63, 3.8) is 0 Å². The standard InChI is InChI=1S/C18H31N3OS/c1-15(2)14-22-17-9-7-8-16(12-17)13-21-18(19-3)20-10-5-6-11-23-4/h7-9,12,15H,5-6,10-11,13-14H2,1-4H3,(H2,19,20,21). The Bertz CT molecular complexity index is 463. The Morgan fingerprint density at radius 3 is 2.78 bits per heavy atom. The number of nitrogens with one attached hydrogen (secondary N) is 2. The van der Waals surface area contributed by atoms with Crippen LogP contribution in [0.25, 0.3) is 0 Å². The summed E-state index contributed by atoms with van der Waals surface area (Å²) in [5.74, 6) is 3.53. The van der Waals surface area contributed by atoms with E-state index in [4.69, 9.17) is 4.74 Å². The van der Waals surface area contributed by atoms with Crippen LogP contribution < -0.4 is 15.4 Å². The molecule has 130 valence electrons. The van der Waals surface area contributed by atoms with Gasteiger partial charge >= 0.3 is 0 Å². The van der Waals surface area contributed by atoms with E-state index < -0.39 is 0 Å². The lowest BCUT2D eigenvalue weighted by Crippen LogP contribution is -2.37. The molecule has 0 saturated carbocycles. The molecule has 0 unspecified atom stereocenters. The molecule has 0 radical (unpaired) electrons. The van der Waals surface area contributed by atoms with E-state index in [1.54, 1.807) is 7.05 Å². The topological polar surface area (TPSA) is 45.7 Å². The van der Waals surface area contributed by atoms with Crippen LogP contribution in [-0.2, 0) is 6.54 Å². The van der Waals surface area contributed by atoms with Crippen LogP contribution in [0.5, 0.6) is 5.75 Å². The number of unbranched alkanes of at least 4 members (excludes halogenated alkanes) is 1. The highest BCUT2D eigenvalue weighted by molar-refractivity contribution is 7.98. The molecule has 0 aliphatic rings. The second kappa shape index (κ2) is 12.1. The van der Waals surface area contributed by atoms with Crippen molar-refractivity contribution in [2.24, 2.45) is 10.9 Å². The van der Waals surface area contributed by atoms with Crippen molar-refractivity contribution in [1.82, 2.24) is 10.6 Å². The van der Waals surface area contributed by atoms with E-state index in [0.29, 0.717) is 5.92 Å². The Balaban J connectivity index is 2.35. The number of guanidine groups is 1. The van der Waals surface area contributed by atoms with Gasteiger partial charge < -0.3 is 15.4 Å². The van der Waals surface area contributed by atoms with E-state index in [-0.39, 0.29) is 0 Å². The number of ether oxygens (including phenoxy) is 1. The molecule has 0 aromatic heterocycles. The van der Waals surface area contributed by atoms with E-state index in [2.05, 4.69) is 47.9 Å². The molecule has 0 saturated heterocycles. The lowest BCUT2D eigenvalue weighted by Gasteiger charge is -2.13. The van der Waals surface area contributed by atoms with Gasteiger partial charge in [-0.3, -0.25) is 4.99 Å². The summed E-state index contributed by atoms with van der Waals surface area (Å²) in [5, 5.41) is 6.70. The maximum atomic E-state index is 5.77. The third-order valence-corrected chi connectivity index (χ3v) is 3.93. The Morgan fingerprint density at radius 1 is 1.26 bits per heavy atom. The maximum Gasteiger partial charge on any atom is 0.191 e. The van der Waals surface area contributed by atoms with Crippen molar-refractivity contribution in [2.45, 2.75) is 33.2 Å². The molecule has 0 heterocycles. The van der Waals surface area contributed by atoms with Gasteiger partial charge in [-0.1, -0.05) is 26.0 Å². The maximum absolute atomic E-state index is 5.77. The molecular weight excluding hydrogens is 306 g/mol. The minimum absolute atomic E-state index is 0.533. The fraction of sp³-hybridized carbons (Fsp3) is 0.611. The Kier molecular flexibility index (Phi) is 10.4. The van der Waals surface area contributed by atoms with Crippen molar-refractivity contribution in [1.29, 1.82) is 0 Å². The van der Waals surface area contributed by atoms with Gasteiger partial charge in [0.05, 0.1) is 6.61 Å². The average Bonchev–Trinajstić information content (AvgIpc) is 2.56. The number of nitrogens with zero attached hydrogens (tertiary/aromatic N) is 1. The van der Waals surface area contributed by atoms with Gasteiger partial charge in [-0.15, -0.1) is 0 Å². The van der Waals surface area contributed by atoms with Gasteiger partial charge in [0, 0.05) is 20.1 Å². The Morgan fingerprint density at radius 2 is 2.09 bits per heavy atom. The summed E-state index contributed by atoms with van der Waals surface area (Å²) in [7, 11) is 1.80. The summed E-state index contributed by atoms with van der Waals surface area (Å²) in [4.78, 5) is 4.26. The van der Waals surface area contributed by atoms with E-state index in [0.717, 1.165) is 31.4 Å². The van der Waals surface area contributed by atoms with E-state index >= 15 is 0 Å². The average molecular weight is 338 g/mol. The van der Waals surface area contributed by atoms with Gasteiger partial charge in [-0.05, 0) is 48.5 Å². The monoisotopic (exact) mass is 337 g/mol. The molecule has 5 heteroatoms. The first-order valence-electron chi connectivity index (χ1n) is 8.31. The molecule has 1 aromatic rings.